The molecule has 0 radical (unpaired) electrons. The minimum Gasteiger partial charge on any atom is -0.401 e. The molecule has 4 heteroatoms. The van der Waals surface area contributed by atoms with Crippen LogP contribution in [0.4, 0.5) is 0 Å². The Morgan fingerprint density at radius 2 is 2.11 bits per heavy atom. The van der Waals surface area contributed by atoms with Gasteiger partial charge in [0.15, 0.2) is 5.78 Å². The number of aliphatic imine (C=N–C) groups is 1. The normalized spacial score (nSPS) is 23.2. The Balaban J connectivity index is 2.36. The lowest BCUT2D eigenvalue weighted by atomic mass is 9.86. The van der Waals surface area contributed by atoms with Crippen molar-refractivity contribution in [1.29, 1.82) is 0 Å². The third-order valence-electron chi connectivity index (χ3n) is 3.47. The molecule has 0 aromatic heterocycles. The van der Waals surface area contributed by atoms with Crippen LogP contribution in [0.2, 0.25) is 0 Å². The van der Waals surface area contributed by atoms with Gasteiger partial charge in [0.25, 0.3) is 0 Å². The first-order chi connectivity index (χ1) is 9.04. The van der Waals surface area contributed by atoms with E-state index in [0.717, 1.165) is 42.7 Å². The van der Waals surface area contributed by atoms with Crippen LogP contribution >= 0.6 is 0 Å². The molecule has 19 heavy (non-hydrogen) atoms. The average molecular weight is 261 g/mol. The molecule has 0 aromatic rings. The number of carbonyl (C=O) groups excluding carboxylic acids is 1. The van der Waals surface area contributed by atoms with Gasteiger partial charge in [0.2, 0.25) is 0 Å². The van der Waals surface area contributed by atoms with Gasteiger partial charge in [0, 0.05) is 44.0 Å². The summed E-state index contributed by atoms with van der Waals surface area (Å²) in [5, 5.41) is 0. The number of ketones is 1. The highest BCUT2D eigenvalue weighted by Crippen LogP contribution is 2.37. The van der Waals surface area contributed by atoms with Crippen molar-refractivity contribution in [3.63, 3.8) is 0 Å². The fourth-order valence-electron chi connectivity index (χ4n) is 2.47. The van der Waals surface area contributed by atoms with Gasteiger partial charge in [0.05, 0.1) is 11.3 Å². The largest absolute Gasteiger partial charge is 0.401 e. The molecule has 0 unspecified atom stereocenters. The van der Waals surface area contributed by atoms with Crippen LogP contribution in [0.5, 0.6) is 0 Å². The number of hydrogen-bond donors (Lipinski definition) is 1. The molecular formula is C15H23N3O. The van der Waals surface area contributed by atoms with Crippen molar-refractivity contribution >= 4 is 11.5 Å². The van der Waals surface area contributed by atoms with Gasteiger partial charge in [-0.3, -0.25) is 9.79 Å². The van der Waals surface area contributed by atoms with E-state index in [1.165, 1.54) is 0 Å². The highest BCUT2D eigenvalue weighted by atomic mass is 16.1. The van der Waals surface area contributed by atoms with Crippen molar-refractivity contribution < 1.29 is 4.79 Å². The molecule has 0 bridgehead atoms. The monoisotopic (exact) mass is 261 g/mol. The number of allylic oxidation sites excluding steroid dienone is 3. The van der Waals surface area contributed by atoms with E-state index < -0.39 is 0 Å². The Morgan fingerprint density at radius 1 is 1.42 bits per heavy atom. The third kappa shape index (κ3) is 3.06. The molecule has 0 aromatic carbocycles. The third-order valence-corrected chi connectivity index (χ3v) is 3.47. The lowest BCUT2D eigenvalue weighted by Crippen LogP contribution is -2.27. The zero-order chi connectivity index (χ0) is 14.0. The van der Waals surface area contributed by atoms with E-state index in [1.807, 2.05) is 32.1 Å². The molecule has 2 aliphatic rings. The van der Waals surface area contributed by atoms with Crippen LogP contribution in [0.1, 0.15) is 32.6 Å². The van der Waals surface area contributed by atoms with Crippen molar-refractivity contribution in [2.75, 3.05) is 20.6 Å². The predicted molar refractivity (Wildman–Crippen MR) is 77.9 cm³/mol. The molecule has 4 nitrogen and oxygen atoms in total. The number of nitrogens with zero attached hydrogens (tertiary/aromatic N) is 2. The van der Waals surface area contributed by atoms with Crippen LogP contribution < -0.4 is 5.73 Å². The fourth-order valence-corrected chi connectivity index (χ4v) is 2.47. The Kier molecular flexibility index (Phi) is 4.08. The average Bonchev–Trinajstić information content (AvgIpc) is 3.15. The fraction of sp³-hybridized carbons (Fsp3) is 0.600. The van der Waals surface area contributed by atoms with Crippen molar-refractivity contribution in [2.24, 2.45) is 16.6 Å². The number of nitrogens with two attached hydrogens (primary N) is 1. The second-order valence-electron chi connectivity index (χ2n) is 5.48. The van der Waals surface area contributed by atoms with Crippen LogP contribution in [0.3, 0.4) is 0 Å². The molecule has 0 atom stereocenters. The zero-order valence-electron chi connectivity index (χ0n) is 12.1. The van der Waals surface area contributed by atoms with Gasteiger partial charge in [-0.1, -0.05) is 0 Å². The molecule has 0 heterocycles. The van der Waals surface area contributed by atoms with Crippen LogP contribution in [0.15, 0.2) is 28.0 Å². The molecule has 0 saturated heterocycles. The summed E-state index contributed by atoms with van der Waals surface area (Å²) >= 11 is 0. The standard InChI is InChI=1S/C15H23N3O/c1-4-17-14(10-5-6-10)13-12(16)8-7-11(15(13)19)9-18(2)3/h9-10H,4-8,16H2,1-3H3/b11-9+,17-14?. The van der Waals surface area contributed by atoms with E-state index in [0.29, 0.717) is 18.0 Å². The smallest absolute Gasteiger partial charge is 0.194 e. The maximum Gasteiger partial charge on any atom is 0.194 e. The highest BCUT2D eigenvalue weighted by Gasteiger charge is 2.36. The summed E-state index contributed by atoms with van der Waals surface area (Å²) in [7, 11) is 3.87. The van der Waals surface area contributed by atoms with Gasteiger partial charge < -0.3 is 10.6 Å². The molecule has 104 valence electrons. The minimum atomic E-state index is 0.0801. The molecule has 0 aliphatic heterocycles. The SMILES string of the molecule is CCN=C(C1=C(N)CC/C(=C\N(C)C)C1=O)C1CC1. The minimum absolute atomic E-state index is 0.0801. The van der Waals surface area contributed by atoms with Gasteiger partial charge in [0.1, 0.15) is 0 Å². The lowest BCUT2D eigenvalue weighted by molar-refractivity contribution is -0.112. The predicted octanol–water partition coefficient (Wildman–Crippen LogP) is 1.88. The number of hydrogen-bond acceptors (Lipinski definition) is 4. The van der Waals surface area contributed by atoms with E-state index in [4.69, 9.17) is 5.73 Å². The Labute approximate surface area is 115 Å². The molecular weight excluding hydrogens is 238 g/mol. The van der Waals surface area contributed by atoms with Crippen LogP contribution in [0.25, 0.3) is 0 Å². The first kappa shape index (κ1) is 13.8. The molecule has 2 rings (SSSR count). The van der Waals surface area contributed by atoms with Gasteiger partial charge >= 0.3 is 0 Å². The highest BCUT2D eigenvalue weighted by molar-refractivity contribution is 6.29. The van der Waals surface area contributed by atoms with Gasteiger partial charge in [-0.05, 0) is 32.6 Å². The second kappa shape index (κ2) is 5.59. The molecule has 2 N–H and O–H groups in total. The summed E-state index contributed by atoms with van der Waals surface area (Å²) in [6, 6.07) is 0. The van der Waals surface area contributed by atoms with Crippen molar-refractivity contribution in [2.45, 2.75) is 32.6 Å². The van der Waals surface area contributed by atoms with Crippen molar-refractivity contribution in [1.82, 2.24) is 4.90 Å². The first-order valence-corrected chi connectivity index (χ1v) is 6.99. The number of carbonyl (C=O) groups is 1. The molecule has 0 spiro atoms. The topological polar surface area (TPSA) is 58.7 Å². The van der Waals surface area contributed by atoms with E-state index in [2.05, 4.69) is 4.99 Å². The Morgan fingerprint density at radius 3 is 2.63 bits per heavy atom. The molecule has 2 aliphatic carbocycles. The van der Waals surface area contributed by atoms with E-state index >= 15 is 0 Å². The summed E-state index contributed by atoms with van der Waals surface area (Å²) in [6.45, 7) is 2.71. The van der Waals surface area contributed by atoms with Crippen LogP contribution in [-0.2, 0) is 4.79 Å². The maximum atomic E-state index is 12.6. The number of rotatable bonds is 4. The van der Waals surface area contributed by atoms with Crippen molar-refractivity contribution in [3.8, 4) is 0 Å². The summed E-state index contributed by atoms with van der Waals surface area (Å²) in [5.41, 5.74) is 9.32. The van der Waals surface area contributed by atoms with E-state index in [-0.39, 0.29) is 5.78 Å². The summed E-state index contributed by atoms with van der Waals surface area (Å²) in [4.78, 5) is 19.1. The van der Waals surface area contributed by atoms with Crippen LogP contribution in [0, 0.1) is 5.92 Å². The van der Waals surface area contributed by atoms with E-state index in [1.54, 1.807) is 0 Å². The first-order valence-electron chi connectivity index (χ1n) is 6.99. The van der Waals surface area contributed by atoms with Gasteiger partial charge in [-0.2, -0.15) is 0 Å². The Bertz CT molecular complexity index is 468. The van der Waals surface area contributed by atoms with E-state index in [9.17, 15) is 4.79 Å². The zero-order valence-corrected chi connectivity index (χ0v) is 12.1. The quantitative estimate of drug-likeness (QED) is 0.621. The molecule has 0 amide bonds. The van der Waals surface area contributed by atoms with Crippen molar-refractivity contribution in [3.05, 3.63) is 23.0 Å². The molecule has 1 saturated carbocycles. The van der Waals surface area contributed by atoms with Crippen LogP contribution in [-0.4, -0.2) is 37.0 Å². The maximum absolute atomic E-state index is 12.6. The summed E-state index contributed by atoms with van der Waals surface area (Å²) in [5.74, 6) is 0.535. The summed E-state index contributed by atoms with van der Waals surface area (Å²) in [6.07, 6.45) is 5.67. The van der Waals surface area contributed by atoms with Gasteiger partial charge in [-0.25, -0.2) is 0 Å². The number of Topliss-reactive ketones (excluding diaryl/α,β-unsaturated/α-hetero) is 1. The summed E-state index contributed by atoms with van der Waals surface area (Å²) < 4.78 is 0. The lowest BCUT2D eigenvalue weighted by Gasteiger charge is -2.21. The Hall–Kier alpha value is -1.58. The second-order valence-corrected chi connectivity index (χ2v) is 5.48. The van der Waals surface area contributed by atoms with Gasteiger partial charge in [-0.15, -0.1) is 0 Å². The molecule has 1 fully saturated rings.